The summed E-state index contributed by atoms with van der Waals surface area (Å²) in [6.07, 6.45) is -3.79. The Hall–Kier alpha value is -3.56. The average Bonchev–Trinajstić information content (AvgIpc) is 3.05. The van der Waals surface area contributed by atoms with E-state index in [-0.39, 0.29) is 30.5 Å². The van der Waals surface area contributed by atoms with Crippen LogP contribution >= 0.6 is 0 Å². The van der Waals surface area contributed by atoms with E-state index in [0.717, 1.165) is 0 Å². The largest absolute Gasteiger partial charge is 0.484 e. The van der Waals surface area contributed by atoms with Crippen LogP contribution < -0.4 is 15.0 Å². The van der Waals surface area contributed by atoms with Gasteiger partial charge in [-0.25, -0.2) is 0 Å². The van der Waals surface area contributed by atoms with Crippen LogP contribution in [0.2, 0.25) is 0 Å². The van der Waals surface area contributed by atoms with Crippen molar-refractivity contribution in [2.24, 2.45) is 0 Å². The summed E-state index contributed by atoms with van der Waals surface area (Å²) in [5.74, 6) is -0.953. The van der Waals surface area contributed by atoms with Gasteiger partial charge in [0.15, 0.2) is 6.61 Å². The van der Waals surface area contributed by atoms with Crippen LogP contribution in [-0.4, -0.2) is 47.6 Å². The van der Waals surface area contributed by atoms with E-state index in [1.807, 2.05) is 0 Å². The smallest absolute Gasteiger partial charge is 0.422 e. The number of amides is 3. The van der Waals surface area contributed by atoms with E-state index in [2.05, 4.69) is 10.1 Å². The standard InChI is InChI=1S/C22H20F3N3O4/c1-21-11-10-19(30)28(21)17-5-3-2-4-16(17)20(31)27(21)12-18(29)26-14-6-8-15(9-7-14)32-13-22(23,24)25/h2-9H,10-13H2,1H3,(H,26,29). The van der Waals surface area contributed by atoms with Gasteiger partial charge in [0.05, 0.1) is 11.3 Å². The molecule has 0 spiro atoms. The van der Waals surface area contributed by atoms with Gasteiger partial charge in [0.2, 0.25) is 11.8 Å². The summed E-state index contributed by atoms with van der Waals surface area (Å²) in [7, 11) is 0. The Bertz CT molecular complexity index is 1070. The molecule has 1 unspecified atom stereocenters. The van der Waals surface area contributed by atoms with Gasteiger partial charge in [-0.3, -0.25) is 19.3 Å². The fourth-order valence-electron chi connectivity index (χ4n) is 4.09. The number of anilines is 2. The van der Waals surface area contributed by atoms with Gasteiger partial charge in [0.25, 0.3) is 5.91 Å². The Morgan fingerprint density at radius 3 is 2.50 bits per heavy atom. The monoisotopic (exact) mass is 447 g/mol. The minimum Gasteiger partial charge on any atom is -0.484 e. The molecule has 168 valence electrons. The van der Waals surface area contributed by atoms with Gasteiger partial charge in [0, 0.05) is 12.1 Å². The van der Waals surface area contributed by atoms with Gasteiger partial charge in [-0.1, -0.05) is 12.1 Å². The van der Waals surface area contributed by atoms with Gasteiger partial charge in [-0.15, -0.1) is 0 Å². The predicted molar refractivity (Wildman–Crippen MR) is 109 cm³/mol. The van der Waals surface area contributed by atoms with Crippen molar-refractivity contribution in [3.05, 3.63) is 54.1 Å². The lowest BCUT2D eigenvalue weighted by molar-refractivity contribution is -0.153. The van der Waals surface area contributed by atoms with Crippen molar-refractivity contribution in [2.75, 3.05) is 23.4 Å². The number of ether oxygens (including phenoxy) is 1. The molecule has 1 atom stereocenters. The zero-order chi connectivity index (χ0) is 23.1. The number of nitrogens with zero attached hydrogens (tertiary/aromatic N) is 2. The Morgan fingerprint density at radius 1 is 1.12 bits per heavy atom. The SMILES string of the molecule is CC12CCC(=O)N1c1ccccc1C(=O)N2CC(=O)Nc1ccc(OCC(F)(F)F)cc1. The summed E-state index contributed by atoms with van der Waals surface area (Å²) >= 11 is 0. The second kappa shape index (κ2) is 7.85. The van der Waals surface area contributed by atoms with Crippen LogP contribution in [0.1, 0.15) is 30.1 Å². The molecule has 3 amide bonds. The van der Waals surface area contributed by atoms with Crippen molar-refractivity contribution in [2.45, 2.75) is 31.6 Å². The van der Waals surface area contributed by atoms with Crippen LogP contribution in [0.5, 0.6) is 5.75 Å². The zero-order valence-corrected chi connectivity index (χ0v) is 17.1. The maximum absolute atomic E-state index is 13.2. The van der Waals surface area contributed by atoms with Gasteiger partial charge < -0.3 is 15.0 Å². The molecule has 2 aromatic carbocycles. The lowest BCUT2D eigenvalue weighted by Crippen LogP contribution is -2.63. The molecule has 1 saturated heterocycles. The highest BCUT2D eigenvalue weighted by Crippen LogP contribution is 2.43. The van der Waals surface area contributed by atoms with Crippen molar-refractivity contribution in [1.29, 1.82) is 0 Å². The fourth-order valence-corrected chi connectivity index (χ4v) is 4.09. The molecule has 1 N–H and O–H groups in total. The maximum Gasteiger partial charge on any atom is 0.422 e. The highest BCUT2D eigenvalue weighted by atomic mass is 19.4. The van der Waals surface area contributed by atoms with Crippen LogP contribution in [-0.2, 0) is 9.59 Å². The Morgan fingerprint density at radius 2 is 1.81 bits per heavy atom. The number of benzene rings is 2. The van der Waals surface area contributed by atoms with Crippen LogP contribution in [0, 0.1) is 0 Å². The number of fused-ring (bicyclic) bond motifs is 3. The van der Waals surface area contributed by atoms with E-state index in [9.17, 15) is 27.6 Å². The fraction of sp³-hybridized carbons (Fsp3) is 0.318. The molecule has 10 heteroatoms. The molecule has 0 aromatic heterocycles. The number of carbonyl (C=O) groups excluding carboxylic acids is 3. The van der Waals surface area contributed by atoms with E-state index >= 15 is 0 Å². The molecule has 2 aromatic rings. The molecule has 1 fully saturated rings. The van der Waals surface area contributed by atoms with Crippen LogP contribution in [0.15, 0.2) is 48.5 Å². The number of nitrogens with one attached hydrogen (secondary N) is 1. The summed E-state index contributed by atoms with van der Waals surface area (Å²) in [6.45, 7) is 0.0522. The Kier molecular flexibility index (Phi) is 5.31. The molecular weight excluding hydrogens is 427 g/mol. The molecule has 32 heavy (non-hydrogen) atoms. The van der Waals surface area contributed by atoms with Crippen LogP contribution in [0.3, 0.4) is 0 Å². The first-order chi connectivity index (χ1) is 15.1. The second-order valence-electron chi connectivity index (χ2n) is 7.83. The van der Waals surface area contributed by atoms with E-state index in [0.29, 0.717) is 23.4 Å². The molecule has 0 radical (unpaired) electrons. The summed E-state index contributed by atoms with van der Waals surface area (Å²) < 4.78 is 41.4. The molecule has 2 aliphatic rings. The van der Waals surface area contributed by atoms with Crippen molar-refractivity contribution in [3.8, 4) is 5.75 Å². The lowest BCUT2D eigenvalue weighted by atomic mass is 9.98. The molecule has 2 heterocycles. The van der Waals surface area contributed by atoms with E-state index in [1.54, 1.807) is 36.1 Å². The Balaban J connectivity index is 1.48. The van der Waals surface area contributed by atoms with Gasteiger partial charge >= 0.3 is 6.18 Å². The minimum absolute atomic E-state index is 0.00996. The molecular formula is C22H20F3N3O4. The number of hydrogen-bond acceptors (Lipinski definition) is 4. The third-order valence-electron chi connectivity index (χ3n) is 5.59. The second-order valence-corrected chi connectivity index (χ2v) is 7.83. The van der Waals surface area contributed by atoms with Gasteiger partial charge in [-0.05, 0) is 49.7 Å². The van der Waals surface area contributed by atoms with Crippen molar-refractivity contribution in [3.63, 3.8) is 0 Å². The molecule has 0 bridgehead atoms. The minimum atomic E-state index is -4.45. The van der Waals surface area contributed by atoms with Crippen LogP contribution in [0.4, 0.5) is 24.5 Å². The number of hydrogen-bond donors (Lipinski definition) is 1. The normalized spacial score (nSPS) is 20.1. The predicted octanol–water partition coefficient (Wildman–Crippen LogP) is 3.57. The van der Waals surface area contributed by atoms with Gasteiger partial charge in [0.1, 0.15) is 18.0 Å². The summed E-state index contributed by atoms with van der Waals surface area (Å²) in [5, 5.41) is 2.63. The summed E-state index contributed by atoms with van der Waals surface area (Å²) in [5.41, 5.74) is 0.256. The number of rotatable bonds is 5. The molecule has 2 aliphatic heterocycles. The number of carbonyl (C=O) groups is 3. The van der Waals surface area contributed by atoms with Crippen molar-refractivity contribution >= 4 is 29.1 Å². The average molecular weight is 447 g/mol. The van der Waals surface area contributed by atoms with E-state index < -0.39 is 24.4 Å². The lowest BCUT2D eigenvalue weighted by Gasteiger charge is -2.48. The third-order valence-corrected chi connectivity index (χ3v) is 5.59. The quantitative estimate of drug-likeness (QED) is 0.760. The molecule has 0 saturated carbocycles. The zero-order valence-electron chi connectivity index (χ0n) is 17.1. The number of halogens is 3. The number of alkyl halides is 3. The highest BCUT2D eigenvalue weighted by Gasteiger charge is 2.53. The number of para-hydroxylation sites is 1. The Labute approximate surface area is 181 Å². The first-order valence-corrected chi connectivity index (χ1v) is 9.92. The highest BCUT2D eigenvalue weighted by molar-refractivity contribution is 6.11. The van der Waals surface area contributed by atoms with Crippen molar-refractivity contribution < 1.29 is 32.3 Å². The molecule has 4 rings (SSSR count). The van der Waals surface area contributed by atoms with E-state index in [4.69, 9.17) is 0 Å². The van der Waals surface area contributed by atoms with Crippen molar-refractivity contribution in [1.82, 2.24) is 4.90 Å². The first-order valence-electron chi connectivity index (χ1n) is 9.92. The third kappa shape index (κ3) is 4.00. The molecule has 0 aliphatic carbocycles. The topological polar surface area (TPSA) is 79.0 Å². The first kappa shape index (κ1) is 21.7. The van der Waals surface area contributed by atoms with Crippen LogP contribution in [0.25, 0.3) is 0 Å². The molecule has 7 nitrogen and oxygen atoms in total. The van der Waals surface area contributed by atoms with Gasteiger partial charge in [-0.2, -0.15) is 13.2 Å². The van der Waals surface area contributed by atoms with E-state index in [1.165, 1.54) is 29.2 Å². The summed E-state index contributed by atoms with van der Waals surface area (Å²) in [6, 6.07) is 12.2. The maximum atomic E-state index is 13.2. The summed E-state index contributed by atoms with van der Waals surface area (Å²) in [4.78, 5) is 41.4.